The summed E-state index contributed by atoms with van der Waals surface area (Å²) in [6, 6.07) is 5.66. The summed E-state index contributed by atoms with van der Waals surface area (Å²) >= 11 is 0. The fourth-order valence-corrected chi connectivity index (χ4v) is 1.82. The highest BCUT2D eigenvalue weighted by atomic mass is 16.4. The van der Waals surface area contributed by atoms with E-state index >= 15 is 0 Å². The highest BCUT2D eigenvalue weighted by molar-refractivity contribution is 5.90. The lowest BCUT2D eigenvalue weighted by atomic mass is 10.1. The van der Waals surface area contributed by atoms with Crippen LogP contribution in [0.5, 0.6) is 0 Å². The summed E-state index contributed by atoms with van der Waals surface area (Å²) in [6.07, 6.45) is 1.24. The minimum absolute atomic E-state index is 0.0143. The Bertz CT molecular complexity index is 679. The molecule has 0 radical (unpaired) electrons. The van der Waals surface area contributed by atoms with Crippen LogP contribution in [0.4, 0.5) is 5.69 Å². The van der Waals surface area contributed by atoms with E-state index in [-0.39, 0.29) is 18.9 Å². The lowest BCUT2D eigenvalue weighted by Crippen LogP contribution is -2.19. The molecule has 0 aliphatic carbocycles. The summed E-state index contributed by atoms with van der Waals surface area (Å²) in [5, 5.41) is 18.8. The molecule has 2 N–H and O–H groups in total. The predicted octanol–water partition coefficient (Wildman–Crippen LogP) is 1.16. The van der Waals surface area contributed by atoms with Crippen molar-refractivity contribution in [1.29, 1.82) is 0 Å². The molecule has 110 valence electrons. The normalized spacial score (nSPS) is 10.4. The Morgan fingerprint density at radius 2 is 2.05 bits per heavy atom. The number of carbonyl (C=O) groups is 2. The summed E-state index contributed by atoms with van der Waals surface area (Å²) in [5.41, 5.74) is 3.29. The molecule has 0 fully saturated rings. The molecule has 0 unspecified atom stereocenters. The van der Waals surface area contributed by atoms with E-state index in [0.717, 1.165) is 11.1 Å². The SMILES string of the molecule is Cc1ccc(NC(=O)Cn2cc(CC(=O)O)nn2)cc1C. The van der Waals surface area contributed by atoms with Crippen molar-refractivity contribution >= 4 is 17.6 Å². The number of nitrogens with zero attached hydrogens (tertiary/aromatic N) is 3. The Labute approximate surface area is 121 Å². The lowest BCUT2D eigenvalue weighted by molar-refractivity contribution is -0.136. The first kappa shape index (κ1) is 14.7. The van der Waals surface area contributed by atoms with Gasteiger partial charge in [0.15, 0.2) is 0 Å². The van der Waals surface area contributed by atoms with Crippen molar-refractivity contribution in [2.75, 3.05) is 5.32 Å². The van der Waals surface area contributed by atoms with Crippen LogP contribution in [0.1, 0.15) is 16.8 Å². The van der Waals surface area contributed by atoms with E-state index < -0.39 is 5.97 Å². The van der Waals surface area contributed by atoms with E-state index in [4.69, 9.17) is 5.11 Å². The first-order valence-electron chi connectivity index (χ1n) is 6.42. The molecule has 7 nitrogen and oxygen atoms in total. The molecule has 1 aromatic heterocycles. The van der Waals surface area contributed by atoms with Crippen LogP contribution in [0.3, 0.4) is 0 Å². The van der Waals surface area contributed by atoms with Gasteiger partial charge in [0.25, 0.3) is 0 Å². The summed E-state index contributed by atoms with van der Waals surface area (Å²) in [7, 11) is 0. The number of carbonyl (C=O) groups excluding carboxylic acids is 1. The van der Waals surface area contributed by atoms with Gasteiger partial charge in [0.05, 0.1) is 12.1 Å². The molecule has 0 aliphatic rings. The van der Waals surface area contributed by atoms with Gasteiger partial charge in [-0.15, -0.1) is 5.10 Å². The summed E-state index contributed by atoms with van der Waals surface area (Å²) < 4.78 is 1.31. The molecule has 1 amide bonds. The van der Waals surface area contributed by atoms with E-state index in [0.29, 0.717) is 11.4 Å². The van der Waals surface area contributed by atoms with Crippen molar-refractivity contribution in [2.45, 2.75) is 26.8 Å². The maximum Gasteiger partial charge on any atom is 0.309 e. The molecule has 7 heteroatoms. The van der Waals surface area contributed by atoms with E-state index in [9.17, 15) is 9.59 Å². The molecule has 0 bridgehead atoms. The maximum atomic E-state index is 11.9. The molecule has 1 heterocycles. The molecule has 0 saturated heterocycles. The number of benzene rings is 1. The van der Waals surface area contributed by atoms with E-state index in [1.54, 1.807) is 0 Å². The summed E-state index contributed by atoms with van der Waals surface area (Å²) in [5.74, 6) is -1.23. The second kappa shape index (κ2) is 6.17. The third-order valence-corrected chi connectivity index (χ3v) is 3.01. The van der Waals surface area contributed by atoms with Gasteiger partial charge in [-0.3, -0.25) is 9.59 Å². The minimum Gasteiger partial charge on any atom is -0.481 e. The average molecular weight is 288 g/mol. The van der Waals surface area contributed by atoms with Crippen molar-refractivity contribution in [3.63, 3.8) is 0 Å². The fraction of sp³-hybridized carbons (Fsp3) is 0.286. The third kappa shape index (κ3) is 4.13. The largest absolute Gasteiger partial charge is 0.481 e. The fourth-order valence-electron chi connectivity index (χ4n) is 1.82. The number of aromatic nitrogens is 3. The standard InChI is InChI=1S/C14H16N4O3/c1-9-3-4-11(5-10(9)2)15-13(19)8-18-7-12(16-17-18)6-14(20)21/h3-5,7H,6,8H2,1-2H3,(H,15,19)(H,20,21). The second-order valence-corrected chi connectivity index (χ2v) is 4.83. The van der Waals surface area contributed by atoms with Crippen LogP contribution in [-0.4, -0.2) is 32.0 Å². The topological polar surface area (TPSA) is 97.1 Å². The smallest absolute Gasteiger partial charge is 0.309 e. The maximum absolute atomic E-state index is 11.9. The Morgan fingerprint density at radius 1 is 1.29 bits per heavy atom. The number of hydrogen-bond donors (Lipinski definition) is 2. The number of nitrogens with one attached hydrogen (secondary N) is 1. The highest BCUT2D eigenvalue weighted by Gasteiger charge is 2.09. The number of anilines is 1. The zero-order valence-corrected chi connectivity index (χ0v) is 11.8. The lowest BCUT2D eigenvalue weighted by Gasteiger charge is -2.07. The number of aliphatic carboxylic acids is 1. The van der Waals surface area contributed by atoms with Gasteiger partial charge >= 0.3 is 5.97 Å². The van der Waals surface area contributed by atoms with Crippen molar-refractivity contribution in [2.24, 2.45) is 0 Å². The molecule has 0 atom stereocenters. The van der Waals surface area contributed by atoms with Gasteiger partial charge in [0, 0.05) is 11.9 Å². The highest BCUT2D eigenvalue weighted by Crippen LogP contribution is 2.14. The van der Waals surface area contributed by atoms with Crippen molar-refractivity contribution in [1.82, 2.24) is 15.0 Å². The molecular weight excluding hydrogens is 272 g/mol. The number of amides is 1. The predicted molar refractivity (Wildman–Crippen MR) is 75.9 cm³/mol. The molecule has 1 aromatic carbocycles. The van der Waals surface area contributed by atoms with E-state index in [1.807, 2.05) is 32.0 Å². The van der Waals surface area contributed by atoms with E-state index in [1.165, 1.54) is 10.9 Å². The Morgan fingerprint density at radius 3 is 2.71 bits per heavy atom. The van der Waals surface area contributed by atoms with Crippen LogP contribution < -0.4 is 5.32 Å². The van der Waals surface area contributed by atoms with Gasteiger partial charge in [-0.2, -0.15) is 0 Å². The second-order valence-electron chi connectivity index (χ2n) is 4.83. The number of rotatable bonds is 5. The van der Waals surface area contributed by atoms with Crippen LogP contribution in [0.25, 0.3) is 0 Å². The molecule has 2 aromatic rings. The third-order valence-electron chi connectivity index (χ3n) is 3.01. The molecule has 2 rings (SSSR count). The van der Waals surface area contributed by atoms with E-state index in [2.05, 4.69) is 15.6 Å². The van der Waals surface area contributed by atoms with Gasteiger partial charge in [-0.1, -0.05) is 11.3 Å². The number of hydrogen-bond acceptors (Lipinski definition) is 4. The molecule has 0 aliphatic heterocycles. The number of aryl methyl sites for hydroxylation is 2. The first-order valence-corrected chi connectivity index (χ1v) is 6.42. The molecule has 0 saturated carbocycles. The monoisotopic (exact) mass is 288 g/mol. The minimum atomic E-state index is -0.985. The van der Waals surface area contributed by atoms with Crippen molar-refractivity contribution in [3.05, 3.63) is 41.2 Å². The Hall–Kier alpha value is -2.70. The van der Waals surface area contributed by atoms with Crippen LogP contribution in [0.2, 0.25) is 0 Å². The van der Waals surface area contributed by atoms with Crippen LogP contribution in [0, 0.1) is 13.8 Å². The van der Waals surface area contributed by atoms with Crippen molar-refractivity contribution < 1.29 is 14.7 Å². The Kier molecular flexibility index (Phi) is 4.32. The van der Waals surface area contributed by atoms with Crippen LogP contribution >= 0.6 is 0 Å². The van der Waals surface area contributed by atoms with Gasteiger partial charge in [-0.25, -0.2) is 4.68 Å². The Balaban J connectivity index is 1.96. The van der Waals surface area contributed by atoms with Gasteiger partial charge in [0.2, 0.25) is 5.91 Å². The molecule has 0 spiro atoms. The number of carboxylic acid groups (broad SMARTS) is 1. The average Bonchev–Trinajstić information content (AvgIpc) is 2.80. The summed E-state index contributed by atoms with van der Waals surface area (Å²) in [6.45, 7) is 3.96. The van der Waals surface area contributed by atoms with Crippen LogP contribution in [0.15, 0.2) is 24.4 Å². The molecule has 21 heavy (non-hydrogen) atoms. The first-order chi connectivity index (χ1) is 9.94. The van der Waals surface area contributed by atoms with Gasteiger partial charge < -0.3 is 10.4 Å². The quantitative estimate of drug-likeness (QED) is 0.860. The molecular formula is C14H16N4O3. The zero-order chi connectivity index (χ0) is 15.4. The van der Waals surface area contributed by atoms with Gasteiger partial charge in [0.1, 0.15) is 6.54 Å². The zero-order valence-electron chi connectivity index (χ0n) is 11.8. The van der Waals surface area contributed by atoms with Crippen molar-refractivity contribution in [3.8, 4) is 0 Å². The summed E-state index contributed by atoms with van der Waals surface area (Å²) in [4.78, 5) is 22.4. The number of carboxylic acids is 1. The van der Waals surface area contributed by atoms with Gasteiger partial charge in [-0.05, 0) is 37.1 Å². The van der Waals surface area contributed by atoms with Crippen LogP contribution in [-0.2, 0) is 22.6 Å².